The van der Waals surface area contributed by atoms with Crippen molar-refractivity contribution in [3.63, 3.8) is 0 Å². The van der Waals surface area contributed by atoms with Gasteiger partial charge in [0, 0.05) is 21.5 Å². The second kappa shape index (κ2) is 5.40. The standard InChI is InChI=1S/C16H14BrClO2/c1-9-12(3-2-4-14(9)17)15(19)13-8-11(18)7-10-5-6-20-16(10)13/h2-4,7-8,15,19H,5-6H2,1H3. The van der Waals surface area contributed by atoms with Gasteiger partial charge >= 0.3 is 0 Å². The van der Waals surface area contributed by atoms with E-state index in [1.807, 2.05) is 31.2 Å². The Morgan fingerprint density at radius 3 is 2.90 bits per heavy atom. The molecule has 1 unspecified atom stereocenters. The van der Waals surface area contributed by atoms with Gasteiger partial charge in [0.2, 0.25) is 0 Å². The van der Waals surface area contributed by atoms with Gasteiger partial charge in [0.15, 0.2) is 0 Å². The molecule has 1 aliphatic rings. The molecule has 0 fully saturated rings. The molecule has 0 aliphatic carbocycles. The summed E-state index contributed by atoms with van der Waals surface area (Å²) in [6.07, 6.45) is 0.102. The van der Waals surface area contributed by atoms with Crippen LogP contribution in [0.1, 0.15) is 28.4 Å². The summed E-state index contributed by atoms with van der Waals surface area (Å²) < 4.78 is 6.65. The van der Waals surface area contributed by atoms with Gasteiger partial charge in [-0.15, -0.1) is 0 Å². The zero-order valence-electron chi connectivity index (χ0n) is 11.0. The third-order valence-electron chi connectivity index (χ3n) is 3.68. The number of hydrogen-bond acceptors (Lipinski definition) is 2. The number of aliphatic hydroxyl groups excluding tert-OH is 1. The quantitative estimate of drug-likeness (QED) is 0.865. The molecule has 1 N–H and O–H groups in total. The Kier molecular flexibility index (Phi) is 3.76. The van der Waals surface area contributed by atoms with Gasteiger partial charge in [-0.25, -0.2) is 0 Å². The maximum atomic E-state index is 10.7. The molecule has 0 spiro atoms. The number of halogens is 2. The van der Waals surface area contributed by atoms with Crippen molar-refractivity contribution >= 4 is 27.5 Å². The molecular weight excluding hydrogens is 340 g/mol. The van der Waals surface area contributed by atoms with E-state index in [1.54, 1.807) is 6.07 Å². The topological polar surface area (TPSA) is 29.5 Å². The van der Waals surface area contributed by atoms with Gasteiger partial charge < -0.3 is 9.84 Å². The minimum atomic E-state index is -0.738. The van der Waals surface area contributed by atoms with E-state index in [1.165, 1.54) is 0 Å². The molecule has 1 aliphatic heterocycles. The molecule has 20 heavy (non-hydrogen) atoms. The van der Waals surface area contributed by atoms with Gasteiger partial charge in [0.05, 0.1) is 6.61 Å². The minimum absolute atomic E-state index is 0.635. The van der Waals surface area contributed by atoms with Crippen molar-refractivity contribution in [2.75, 3.05) is 6.61 Å². The highest BCUT2D eigenvalue weighted by Gasteiger charge is 2.24. The highest BCUT2D eigenvalue weighted by atomic mass is 79.9. The third kappa shape index (κ3) is 2.34. The van der Waals surface area contributed by atoms with Gasteiger partial charge in [0.25, 0.3) is 0 Å². The first kappa shape index (κ1) is 13.9. The van der Waals surface area contributed by atoms with Crippen LogP contribution in [0.2, 0.25) is 5.02 Å². The monoisotopic (exact) mass is 352 g/mol. The number of hydrogen-bond donors (Lipinski definition) is 1. The third-order valence-corrected chi connectivity index (χ3v) is 4.75. The first-order chi connectivity index (χ1) is 9.58. The predicted molar refractivity (Wildman–Crippen MR) is 83.6 cm³/mol. The fourth-order valence-corrected chi connectivity index (χ4v) is 3.22. The van der Waals surface area contributed by atoms with E-state index in [9.17, 15) is 5.11 Å². The summed E-state index contributed by atoms with van der Waals surface area (Å²) in [6.45, 7) is 2.63. The Morgan fingerprint density at radius 2 is 2.10 bits per heavy atom. The van der Waals surface area contributed by atoms with Crippen LogP contribution in [0.4, 0.5) is 0 Å². The first-order valence-electron chi connectivity index (χ1n) is 6.46. The fraction of sp³-hybridized carbons (Fsp3) is 0.250. The van der Waals surface area contributed by atoms with Crippen molar-refractivity contribution < 1.29 is 9.84 Å². The molecule has 104 valence electrons. The summed E-state index contributed by atoms with van der Waals surface area (Å²) in [5, 5.41) is 11.4. The molecule has 0 saturated carbocycles. The summed E-state index contributed by atoms with van der Waals surface area (Å²) in [6, 6.07) is 9.50. The summed E-state index contributed by atoms with van der Waals surface area (Å²) in [4.78, 5) is 0. The lowest BCUT2D eigenvalue weighted by atomic mass is 9.95. The lowest BCUT2D eigenvalue weighted by Gasteiger charge is -2.18. The average molecular weight is 354 g/mol. The van der Waals surface area contributed by atoms with Crippen molar-refractivity contribution in [3.8, 4) is 5.75 Å². The summed E-state index contributed by atoms with van der Waals surface area (Å²) >= 11 is 9.65. The Hall–Kier alpha value is -1.03. The molecule has 2 aromatic rings. The van der Waals surface area contributed by atoms with Crippen LogP contribution in [0.3, 0.4) is 0 Å². The van der Waals surface area contributed by atoms with Crippen LogP contribution in [0.5, 0.6) is 5.75 Å². The van der Waals surface area contributed by atoms with Crippen molar-refractivity contribution in [2.24, 2.45) is 0 Å². The summed E-state index contributed by atoms with van der Waals surface area (Å²) in [5.74, 6) is 0.779. The van der Waals surface area contributed by atoms with Crippen LogP contribution in [0, 0.1) is 6.92 Å². The second-order valence-corrected chi connectivity index (χ2v) is 6.23. The van der Waals surface area contributed by atoms with Gasteiger partial charge in [-0.3, -0.25) is 0 Å². The molecule has 1 heterocycles. The van der Waals surface area contributed by atoms with E-state index < -0.39 is 6.10 Å². The smallest absolute Gasteiger partial charge is 0.128 e. The maximum Gasteiger partial charge on any atom is 0.128 e. The average Bonchev–Trinajstić information content (AvgIpc) is 2.88. The minimum Gasteiger partial charge on any atom is -0.493 e. The molecule has 0 bridgehead atoms. The van der Waals surface area contributed by atoms with Gasteiger partial charge in [0.1, 0.15) is 11.9 Å². The predicted octanol–water partition coefficient (Wildman–Crippen LogP) is 4.43. The van der Waals surface area contributed by atoms with E-state index in [2.05, 4.69) is 15.9 Å². The summed E-state index contributed by atoms with van der Waals surface area (Å²) in [7, 11) is 0. The molecular formula is C16H14BrClO2. The van der Waals surface area contributed by atoms with Crippen LogP contribution >= 0.6 is 27.5 Å². The molecule has 0 amide bonds. The van der Waals surface area contributed by atoms with E-state index in [0.29, 0.717) is 11.6 Å². The first-order valence-corrected chi connectivity index (χ1v) is 7.63. The van der Waals surface area contributed by atoms with Crippen LogP contribution in [-0.2, 0) is 6.42 Å². The number of aliphatic hydroxyl groups is 1. The van der Waals surface area contributed by atoms with Gasteiger partial charge in [-0.2, -0.15) is 0 Å². The van der Waals surface area contributed by atoms with E-state index in [-0.39, 0.29) is 0 Å². The molecule has 2 nitrogen and oxygen atoms in total. The molecule has 3 rings (SSSR count). The van der Waals surface area contributed by atoms with Crippen molar-refractivity contribution in [2.45, 2.75) is 19.4 Å². The summed E-state index contributed by atoms with van der Waals surface area (Å²) in [5.41, 5.74) is 3.69. The second-order valence-electron chi connectivity index (χ2n) is 4.94. The van der Waals surface area contributed by atoms with Crippen LogP contribution in [0.25, 0.3) is 0 Å². The number of rotatable bonds is 2. The SMILES string of the molecule is Cc1c(Br)cccc1C(O)c1cc(Cl)cc2c1OCC2. The van der Waals surface area contributed by atoms with Crippen molar-refractivity contribution in [1.82, 2.24) is 0 Å². The largest absolute Gasteiger partial charge is 0.493 e. The molecule has 0 radical (unpaired) electrons. The Morgan fingerprint density at radius 1 is 1.30 bits per heavy atom. The van der Waals surface area contributed by atoms with E-state index in [4.69, 9.17) is 16.3 Å². The highest BCUT2D eigenvalue weighted by Crippen LogP contribution is 2.39. The lowest BCUT2D eigenvalue weighted by Crippen LogP contribution is -2.04. The van der Waals surface area contributed by atoms with E-state index in [0.717, 1.165) is 38.9 Å². The number of benzene rings is 2. The maximum absolute atomic E-state index is 10.7. The normalized spacial score (nSPS) is 14.8. The lowest BCUT2D eigenvalue weighted by molar-refractivity contribution is 0.213. The van der Waals surface area contributed by atoms with Gasteiger partial charge in [-0.05, 0) is 41.8 Å². The molecule has 0 saturated heterocycles. The zero-order chi connectivity index (χ0) is 14.3. The molecule has 0 aromatic heterocycles. The fourth-order valence-electron chi connectivity index (χ4n) is 2.59. The van der Waals surface area contributed by atoms with Crippen molar-refractivity contribution in [3.05, 3.63) is 62.1 Å². The Labute approximate surface area is 131 Å². The highest BCUT2D eigenvalue weighted by molar-refractivity contribution is 9.10. The molecule has 1 atom stereocenters. The molecule has 2 aromatic carbocycles. The van der Waals surface area contributed by atoms with Gasteiger partial charge in [-0.1, -0.05) is 39.7 Å². The Balaban J connectivity index is 2.11. The number of fused-ring (bicyclic) bond motifs is 1. The number of ether oxygens (including phenoxy) is 1. The van der Waals surface area contributed by atoms with E-state index >= 15 is 0 Å². The van der Waals surface area contributed by atoms with Crippen LogP contribution in [0.15, 0.2) is 34.8 Å². The van der Waals surface area contributed by atoms with Crippen molar-refractivity contribution in [1.29, 1.82) is 0 Å². The zero-order valence-corrected chi connectivity index (χ0v) is 13.3. The van der Waals surface area contributed by atoms with Crippen LogP contribution < -0.4 is 4.74 Å². The van der Waals surface area contributed by atoms with Crippen LogP contribution in [-0.4, -0.2) is 11.7 Å². The Bertz CT molecular complexity index is 670. The molecule has 4 heteroatoms.